The molecule has 0 radical (unpaired) electrons. The summed E-state index contributed by atoms with van der Waals surface area (Å²) < 4.78 is 7.60. The molecule has 2 rings (SSSR count). The van der Waals surface area contributed by atoms with E-state index in [1.807, 2.05) is 23.0 Å². The number of benzene rings is 1. The number of aliphatic carboxylic acids is 1. The first-order chi connectivity index (χ1) is 10.1. The number of hydrogen-bond donors (Lipinski definition) is 1. The van der Waals surface area contributed by atoms with Crippen LogP contribution >= 0.6 is 0 Å². The molecule has 21 heavy (non-hydrogen) atoms. The van der Waals surface area contributed by atoms with Crippen molar-refractivity contribution in [3.8, 4) is 5.75 Å². The van der Waals surface area contributed by atoms with E-state index in [1.54, 1.807) is 18.2 Å². The summed E-state index contributed by atoms with van der Waals surface area (Å²) in [5, 5.41) is 13.3. The number of rotatable bonds is 7. The summed E-state index contributed by atoms with van der Waals surface area (Å²) in [7, 11) is 0. The Morgan fingerprint density at radius 2 is 2.24 bits per heavy atom. The van der Waals surface area contributed by atoms with E-state index >= 15 is 0 Å². The van der Waals surface area contributed by atoms with Gasteiger partial charge in [0.25, 0.3) is 0 Å². The van der Waals surface area contributed by atoms with Crippen molar-refractivity contribution in [2.45, 2.75) is 39.3 Å². The summed E-state index contributed by atoms with van der Waals surface area (Å²) in [5.74, 6) is -0.189. The molecule has 0 fully saturated rings. The predicted molar refractivity (Wildman–Crippen MR) is 79.3 cm³/mol. The van der Waals surface area contributed by atoms with Gasteiger partial charge in [0.1, 0.15) is 12.4 Å². The highest BCUT2D eigenvalue weighted by molar-refractivity contribution is 5.70. The molecule has 2 aromatic rings. The summed E-state index contributed by atoms with van der Waals surface area (Å²) in [6, 6.07) is 9.45. The van der Waals surface area contributed by atoms with Crippen molar-refractivity contribution in [2.75, 3.05) is 0 Å². The molecule has 1 N–H and O–H groups in total. The van der Waals surface area contributed by atoms with Crippen molar-refractivity contribution in [1.29, 1.82) is 0 Å². The minimum Gasteiger partial charge on any atom is -0.487 e. The lowest BCUT2D eigenvalue weighted by Gasteiger charge is -2.08. The number of hydrogen-bond acceptors (Lipinski definition) is 3. The van der Waals surface area contributed by atoms with Gasteiger partial charge in [-0.2, -0.15) is 5.10 Å². The fraction of sp³-hybridized carbons (Fsp3) is 0.375. The number of carbonyl (C=O) groups is 1. The van der Waals surface area contributed by atoms with E-state index in [1.165, 1.54) is 0 Å². The third-order valence-electron chi connectivity index (χ3n) is 3.35. The van der Waals surface area contributed by atoms with Crippen LogP contribution in [0.5, 0.6) is 5.75 Å². The number of nitrogens with zero attached hydrogens (tertiary/aromatic N) is 2. The maximum atomic E-state index is 10.7. The summed E-state index contributed by atoms with van der Waals surface area (Å²) in [6.45, 7) is 4.61. The van der Waals surface area contributed by atoms with Crippen LogP contribution in [-0.2, 0) is 17.8 Å². The van der Waals surface area contributed by atoms with E-state index in [-0.39, 0.29) is 6.42 Å². The van der Waals surface area contributed by atoms with Gasteiger partial charge in [-0.1, -0.05) is 19.1 Å². The van der Waals surface area contributed by atoms with Crippen LogP contribution in [0.25, 0.3) is 0 Å². The van der Waals surface area contributed by atoms with Gasteiger partial charge in [0, 0.05) is 12.2 Å². The van der Waals surface area contributed by atoms with Crippen LogP contribution in [-0.4, -0.2) is 20.9 Å². The summed E-state index contributed by atoms with van der Waals surface area (Å²) in [5.41, 5.74) is 1.59. The highest BCUT2D eigenvalue weighted by atomic mass is 16.5. The second kappa shape index (κ2) is 6.92. The Bertz CT molecular complexity index is 607. The Kier molecular flexibility index (Phi) is 4.98. The maximum absolute atomic E-state index is 10.7. The van der Waals surface area contributed by atoms with Crippen molar-refractivity contribution < 1.29 is 14.6 Å². The smallest absolute Gasteiger partial charge is 0.307 e. The zero-order valence-corrected chi connectivity index (χ0v) is 12.3. The number of carboxylic acid groups (broad SMARTS) is 1. The predicted octanol–water partition coefficient (Wildman–Crippen LogP) is 3.06. The molecule has 1 unspecified atom stereocenters. The molecule has 1 aromatic carbocycles. The van der Waals surface area contributed by atoms with Crippen molar-refractivity contribution in [3.63, 3.8) is 0 Å². The number of aromatic nitrogens is 2. The second-order valence-electron chi connectivity index (χ2n) is 5.05. The highest BCUT2D eigenvalue weighted by Crippen LogP contribution is 2.16. The van der Waals surface area contributed by atoms with Gasteiger partial charge >= 0.3 is 5.97 Å². The SMILES string of the molecule is CCC(C)n1ccc(COc2cccc(CC(=O)O)c2)n1. The Labute approximate surface area is 124 Å². The molecule has 0 aliphatic carbocycles. The third kappa shape index (κ3) is 4.34. The highest BCUT2D eigenvalue weighted by Gasteiger charge is 2.06. The van der Waals surface area contributed by atoms with E-state index < -0.39 is 5.97 Å². The summed E-state index contributed by atoms with van der Waals surface area (Å²) in [6.07, 6.45) is 2.98. The molecule has 0 spiro atoms. The van der Waals surface area contributed by atoms with Crippen LogP contribution in [0.3, 0.4) is 0 Å². The quantitative estimate of drug-likeness (QED) is 0.850. The Morgan fingerprint density at radius 3 is 2.95 bits per heavy atom. The molecule has 1 aromatic heterocycles. The Morgan fingerprint density at radius 1 is 1.43 bits per heavy atom. The molecular weight excluding hydrogens is 268 g/mol. The normalized spacial score (nSPS) is 12.1. The largest absolute Gasteiger partial charge is 0.487 e. The van der Waals surface area contributed by atoms with Crippen LogP contribution in [0.15, 0.2) is 36.5 Å². The molecule has 0 saturated heterocycles. The molecular formula is C16H20N2O3. The van der Waals surface area contributed by atoms with Crippen LogP contribution < -0.4 is 4.74 Å². The molecule has 5 nitrogen and oxygen atoms in total. The van der Waals surface area contributed by atoms with E-state index in [0.717, 1.165) is 17.7 Å². The van der Waals surface area contributed by atoms with Crippen molar-refractivity contribution >= 4 is 5.97 Å². The monoisotopic (exact) mass is 288 g/mol. The van der Waals surface area contributed by atoms with Crippen LogP contribution in [0.1, 0.15) is 37.6 Å². The molecule has 0 saturated carbocycles. The first-order valence-corrected chi connectivity index (χ1v) is 7.06. The van der Waals surface area contributed by atoms with Gasteiger partial charge in [-0.25, -0.2) is 0 Å². The van der Waals surface area contributed by atoms with E-state index in [4.69, 9.17) is 9.84 Å². The number of ether oxygens (including phenoxy) is 1. The van der Waals surface area contributed by atoms with Crippen molar-refractivity contribution in [1.82, 2.24) is 9.78 Å². The first-order valence-electron chi connectivity index (χ1n) is 7.06. The third-order valence-corrected chi connectivity index (χ3v) is 3.35. The Hall–Kier alpha value is -2.30. The lowest BCUT2D eigenvalue weighted by molar-refractivity contribution is -0.136. The molecule has 0 aliphatic heterocycles. The maximum Gasteiger partial charge on any atom is 0.307 e. The average Bonchev–Trinajstić information content (AvgIpc) is 2.93. The molecule has 112 valence electrons. The van der Waals surface area contributed by atoms with E-state index in [0.29, 0.717) is 18.4 Å². The minimum atomic E-state index is -0.848. The van der Waals surface area contributed by atoms with Gasteiger partial charge in [0.05, 0.1) is 12.1 Å². The van der Waals surface area contributed by atoms with Crippen LogP contribution in [0, 0.1) is 0 Å². The zero-order valence-electron chi connectivity index (χ0n) is 12.3. The standard InChI is InChI=1S/C16H20N2O3/c1-3-12(2)18-8-7-14(17-18)11-21-15-6-4-5-13(9-15)10-16(19)20/h4-9,12H,3,10-11H2,1-2H3,(H,19,20). The van der Waals surface area contributed by atoms with Crippen LogP contribution in [0.4, 0.5) is 0 Å². The Balaban J connectivity index is 1.96. The van der Waals surface area contributed by atoms with Gasteiger partial charge < -0.3 is 9.84 Å². The first kappa shape index (κ1) is 15.1. The van der Waals surface area contributed by atoms with Crippen molar-refractivity contribution in [2.24, 2.45) is 0 Å². The lowest BCUT2D eigenvalue weighted by Crippen LogP contribution is -2.06. The fourth-order valence-corrected chi connectivity index (χ4v) is 1.96. The van der Waals surface area contributed by atoms with Gasteiger partial charge in [0.15, 0.2) is 0 Å². The van der Waals surface area contributed by atoms with Gasteiger partial charge in [-0.15, -0.1) is 0 Å². The zero-order chi connectivity index (χ0) is 15.2. The molecule has 0 bridgehead atoms. The van der Waals surface area contributed by atoms with Gasteiger partial charge in [0.2, 0.25) is 0 Å². The summed E-state index contributed by atoms with van der Waals surface area (Å²) in [4.78, 5) is 10.7. The molecule has 5 heteroatoms. The molecule has 1 heterocycles. The number of carboxylic acids is 1. The topological polar surface area (TPSA) is 64.3 Å². The molecule has 1 atom stereocenters. The van der Waals surface area contributed by atoms with E-state index in [2.05, 4.69) is 18.9 Å². The molecule has 0 aliphatic rings. The fourth-order valence-electron chi connectivity index (χ4n) is 1.96. The molecule has 0 amide bonds. The van der Waals surface area contributed by atoms with Crippen LogP contribution in [0.2, 0.25) is 0 Å². The minimum absolute atomic E-state index is 0.000157. The summed E-state index contributed by atoms with van der Waals surface area (Å²) >= 11 is 0. The van der Waals surface area contributed by atoms with Gasteiger partial charge in [-0.3, -0.25) is 9.48 Å². The second-order valence-corrected chi connectivity index (χ2v) is 5.05. The lowest BCUT2D eigenvalue weighted by atomic mass is 10.1. The van der Waals surface area contributed by atoms with Gasteiger partial charge in [-0.05, 0) is 37.1 Å². The average molecular weight is 288 g/mol. The van der Waals surface area contributed by atoms with Crippen molar-refractivity contribution in [3.05, 3.63) is 47.8 Å². The van der Waals surface area contributed by atoms with E-state index in [9.17, 15) is 4.79 Å².